The number of nitrogens with zero attached hydrogens (tertiary/aromatic N) is 3. The number of hydrogen-bond donors (Lipinski definition) is 2. The van der Waals surface area contributed by atoms with Gasteiger partial charge in [0, 0.05) is 30.3 Å². The smallest absolute Gasteiger partial charge is 0.416 e. The van der Waals surface area contributed by atoms with Crippen LogP contribution in [0.3, 0.4) is 0 Å². The molecule has 1 aliphatic carbocycles. The first-order chi connectivity index (χ1) is 20.7. The maximum absolute atomic E-state index is 13.3. The average Bonchev–Trinajstić information content (AvgIpc) is 3.72. The summed E-state index contributed by atoms with van der Waals surface area (Å²) in [7, 11) is -4.23. The fraction of sp³-hybridized carbons (Fsp3) is 0.241. The Balaban J connectivity index is 1.53. The molecule has 2 N–H and O–H groups in total. The summed E-state index contributed by atoms with van der Waals surface area (Å²) in [6.45, 7) is 3.14. The average molecular weight is 630 g/mol. The third-order valence-electron chi connectivity index (χ3n) is 6.80. The molecule has 0 unspecified atom stereocenters. The maximum atomic E-state index is 13.3. The molecule has 11 nitrogen and oxygen atoms in total. The molecule has 3 aromatic carbocycles. The van der Waals surface area contributed by atoms with Gasteiger partial charge < -0.3 is 10.1 Å². The number of carbonyl (C=O) groups is 1. The number of amides is 1. The molecule has 4 aromatic rings. The monoisotopic (exact) mass is 629 g/mol. The van der Waals surface area contributed by atoms with Gasteiger partial charge in [-0.25, -0.2) is 13.1 Å². The largest absolute Gasteiger partial charge is 0.437 e. The Morgan fingerprint density at radius 3 is 2.43 bits per heavy atom. The lowest BCUT2D eigenvalue weighted by atomic mass is 10.1. The molecule has 0 bridgehead atoms. The van der Waals surface area contributed by atoms with Gasteiger partial charge in [0.2, 0.25) is 15.9 Å². The summed E-state index contributed by atoms with van der Waals surface area (Å²) in [6, 6.07) is 14.3. The van der Waals surface area contributed by atoms with Crippen molar-refractivity contribution in [3.63, 3.8) is 0 Å². The van der Waals surface area contributed by atoms with Crippen molar-refractivity contribution in [1.82, 2.24) is 19.8 Å². The van der Waals surface area contributed by atoms with Crippen LogP contribution in [0.25, 0.3) is 5.69 Å². The summed E-state index contributed by atoms with van der Waals surface area (Å²) in [5, 5.41) is 18.4. The maximum Gasteiger partial charge on any atom is 0.416 e. The quantitative estimate of drug-likeness (QED) is 0.172. The Bertz CT molecular complexity index is 1850. The molecule has 1 heterocycles. The van der Waals surface area contributed by atoms with Crippen molar-refractivity contribution in [3.05, 3.63) is 105 Å². The molecule has 1 saturated carbocycles. The second kappa shape index (κ2) is 11.7. The summed E-state index contributed by atoms with van der Waals surface area (Å²) in [5.41, 5.74) is 0.321. The van der Waals surface area contributed by atoms with E-state index in [1.165, 1.54) is 23.7 Å². The van der Waals surface area contributed by atoms with E-state index in [9.17, 15) is 36.5 Å². The van der Waals surface area contributed by atoms with Crippen LogP contribution in [0.1, 0.15) is 45.6 Å². The Hall–Kier alpha value is -4.76. The Morgan fingerprint density at radius 1 is 1.09 bits per heavy atom. The minimum absolute atomic E-state index is 0.0465. The lowest BCUT2D eigenvalue weighted by molar-refractivity contribution is -0.385. The molecule has 230 valence electrons. The number of benzene rings is 3. The molecule has 0 aliphatic heterocycles. The van der Waals surface area contributed by atoms with Crippen LogP contribution < -0.4 is 14.8 Å². The van der Waals surface area contributed by atoms with Crippen molar-refractivity contribution >= 4 is 21.6 Å². The number of sulfonamides is 1. The topological polar surface area (TPSA) is 145 Å². The number of rotatable bonds is 10. The fourth-order valence-electron chi connectivity index (χ4n) is 4.29. The molecule has 15 heteroatoms. The van der Waals surface area contributed by atoms with Crippen molar-refractivity contribution in [1.29, 1.82) is 0 Å². The zero-order valence-electron chi connectivity index (χ0n) is 23.4. The van der Waals surface area contributed by atoms with Gasteiger partial charge in [0.05, 0.1) is 16.2 Å². The van der Waals surface area contributed by atoms with Crippen LogP contribution >= 0.6 is 0 Å². The number of aromatic nitrogens is 2. The second-order valence-corrected chi connectivity index (χ2v) is 12.0. The zero-order valence-corrected chi connectivity index (χ0v) is 24.2. The lowest BCUT2D eigenvalue weighted by Gasteiger charge is -2.14. The Labute approximate surface area is 249 Å². The van der Waals surface area contributed by atoms with E-state index in [0.717, 1.165) is 35.9 Å². The molecule has 0 radical (unpaired) electrons. The number of nitrogens with one attached hydrogen (secondary N) is 2. The number of alkyl halides is 3. The van der Waals surface area contributed by atoms with Crippen molar-refractivity contribution in [2.75, 3.05) is 0 Å². The van der Waals surface area contributed by atoms with E-state index in [0.29, 0.717) is 18.5 Å². The number of non-ortho nitro benzene ring substituents is 1. The molecule has 0 spiro atoms. The van der Waals surface area contributed by atoms with Gasteiger partial charge in [-0.1, -0.05) is 29.8 Å². The van der Waals surface area contributed by atoms with E-state index in [-0.39, 0.29) is 41.0 Å². The van der Waals surface area contributed by atoms with Crippen molar-refractivity contribution in [3.8, 4) is 17.3 Å². The third-order valence-corrected chi connectivity index (χ3v) is 8.34. The number of nitro groups is 1. The SMILES string of the molecule is Cc1ccc(-n2nc(C(=O)NCc3cccc(C(F)(F)F)c3)c(C)c2Oc2ccc([N+](=O)[O-])cc2S(=O)(=O)NC2CC2)cc1. The second-order valence-electron chi connectivity index (χ2n) is 10.3. The Kier molecular flexibility index (Phi) is 8.18. The minimum atomic E-state index is -4.55. The van der Waals surface area contributed by atoms with Crippen molar-refractivity contribution in [2.24, 2.45) is 0 Å². The Morgan fingerprint density at radius 2 is 1.80 bits per heavy atom. The van der Waals surface area contributed by atoms with Gasteiger partial charge in [-0.3, -0.25) is 14.9 Å². The first-order valence-corrected chi connectivity index (χ1v) is 14.8. The predicted molar refractivity (Wildman–Crippen MR) is 152 cm³/mol. The van der Waals surface area contributed by atoms with Crippen molar-refractivity contribution in [2.45, 2.75) is 50.3 Å². The van der Waals surface area contributed by atoms with E-state index < -0.39 is 43.2 Å². The molecule has 44 heavy (non-hydrogen) atoms. The number of ether oxygens (including phenoxy) is 1. The van der Waals surface area contributed by atoms with E-state index in [1.54, 1.807) is 24.3 Å². The fourth-order valence-corrected chi connectivity index (χ4v) is 5.75. The van der Waals surface area contributed by atoms with Gasteiger partial charge in [0.25, 0.3) is 11.6 Å². The highest BCUT2D eigenvalue weighted by molar-refractivity contribution is 7.89. The van der Waals surface area contributed by atoms with E-state index >= 15 is 0 Å². The number of carbonyl (C=O) groups excluding carboxylic acids is 1. The van der Waals surface area contributed by atoms with Crippen LogP contribution in [0.4, 0.5) is 18.9 Å². The van der Waals surface area contributed by atoms with Crippen molar-refractivity contribution < 1.29 is 36.0 Å². The van der Waals surface area contributed by atoms with Crippen LogP contribution in [-0.4, -0.2) is 35.1 Å². The van der Waals surface area contributed by atoms with Crippen LogP contribution in [0.15, 0.2) is 71.6 Å². The number of hydrogen-bond acceptors (Lipinski definition) is 7. The van der Waals surface area contributed by atoms with Gasteiger partial charge in [-0.2, -0.15) is 23.0 Å². The number of halogens is 3. The van der Waals surface area contributed by atoms with Crippen LogP contribution in [0, 0.1) is 24.0 Å². The van der Waals surface area contributed by atoms with Gasteiger partial charge in [0.15, 0.2) is 5.69 Å². The van der Waals surface area contributed by atoms with Crippen LogP contribution in [0.5, 0.6) is 11.6 Å². The molecule has 0 atom stereocenters. The van der Waals surface area contributed by atoms with Crippen LogP contribution in [-0.2, 0) is 22.7 Å². The van der Waals surface area contributed by atoms with Gasteiger partial charge >= 0.3 is 6.18 Å². The highest BCUT2D eigenvalue weighted by atomic mass is 32.2. The molecule has 1 aromatic heterocycles. The van der Waals surface area contributed by atoms with E-state index in [1.807, 2.05) is 6.92 Å². The molecule has 1 fully saturated rings. The summed E-state index contributed by atoms with van der Waals surface area (Å²) in [6.07, 6.45) is -3.29. The summed E-state index contributed by atoms with van der Waals surface area (Å²) in [5.74, 6) is -1.01. The predicted octanol–water partition coefficient (Wildman–Crippen LogP) is 5.58. The standard InChI is InChI=1S/C29H26F3N5O6S/c1-17-6-10-22(11-7-17)36-28(43-24-13-12-23(37(39)40)15-25(24)44(41,42)35-21-8-9-21)18(2)26(34-36)27(38)33-16-19-4-3-5-20(14-19)29(30,31)32/h3-7,10-15,21,35H,8-9,16H2,1-2H3,(H,33,38). The van der Waals surface area contributed by atoms with Gasteiger partial charge in [-0.05, 0) is 62.6 Å². The highest BCUT2D eigenvalue weighted by Gasteiger charge is 2.33. The summed E-state index contributed by atoms with van der Waals surface area (Å²) < 4.78 is 75.6. The van der Waals surface area contributed by atoms with E-state index in [4.69, 9.17) is 4.74 Å². The summed E-state index contributed by atoms with van der Waals surface area (Å²) in [4.78, 5) is 23.5. The molecule has 1 aliphatic rings. The number of nitro benzene ring substituents is 1. The summed E-state index contributed by atoms with van der Waals surface area (Å²) >= 11 is 0. The van der Waals surface area contributed by atoms with E-state index in [2.05, 4.69) is 15.1 Å². The molecule has 5 rings (SSSR count). The minimum Gasteiger partial charge on any atom is -0.437 e. The van der Waals surface area contributed by atoms with Crippen LogP contribution in [0.2, 0.25) is 0 Å². The third kappa shape index (κ3) is 6.73. The normalized spacial score (nSPS) is 13.5. The number of aryl methyl sites for hydroxylation is 1. The molecule has 1 amide bonds. The molecule has 0 saturated heterocycles. The molecular weight excluding hydrogens is 603 g/mol. The first-order valence-electron chi connectivity index (χ1n) is 13.3. The highest BCUT2D eigenvalue weighted by Crippen LogP contribution is 2.37. The molecular formula is C29H26F3N5O6S. The lowest BCUT2D eigenvalue weighted by Crippen LogP contribution is -2.26. The van der Waals surface area contributed by atoms with Gasteiger partial charge in [-0.15, -0.1) is 0 Å². The zero-order chi connectivity index (χ0) is 31.8. The van der Waals surface area contributed by atoms with Gasteiger partial charge in [0.1, 0.15) is 10.6 Å². The first kappa shape index (κ1) is 30.7.